The number of rotatable bonds is 2. The summed E-state index contributed by atoms with van der Waals surface area (Å²) >= 11 is 3.31. The van der Waals surface area contributed by atoms with Crippen LogP contribution < -0.4 is 10.2 Å². The summed E-state index contributed by atoms with van der Waals surface area (Å²) in [5.41, 5.74) is 1.73. The van der Waals surface area contributed by atoms with Crippen molar-refractivity contribution in [2.45, 2.75) is 12.5 Å². The van der Waals surface area contributed by atoms with Crippen molar-refractivity contribution in [1.29, 1.82) is 0 Å². The van der Waals surface area contributed by atoms with Crippen LogP contribution in [0.4, 0.5) is 10.1 Å². The zero-order valence-electron chi connectivity index (χ0n) is 11.9. The average molecular weight is 349 g/mol. The lowest BCUT2D eigenvalue weighted by Gasteiger charge is -2.43. The lowest BCUT2D eigenvalue weighted by Crippen LogP contribution is -2.57. The van der Waals surface area contributed by atoms with Gasteiger partial charge in [0.2, 0.25) is 0 Å². The summed E-state index contributed by atoms with van der Waals surface area (Å²) in [6.45, 7) is 4.56. The van der Waals surface area contributed by atoms with E-state index in [1.165, 1.54) is 11.6 Å². The van der Waals surface area contributed by atoms with E-state index in [4.69, 9.17) is 0 Å². The van der Waals surface area contributed by atoms with Gasteiger partial charge in [-0.1, -0.05) is 46.3 Å². The van der Waals surface area contributed by atoms with Gasteiger partial charge in [-0.3, -0.25) is 0 Å². The fraction of sp³-hybridized carbons (Fsp3) is 0.294. The van der Waals surface area contributed by atoms with Crippen LogP contribution in [0.15, 0.2) is 53.0 Å². The molecule has 0 bridgehead atoms. The molecule has 2 aromatic rings. The molecule has 2 nitrogen and oxygen atoms in total. The molecule has 1 aliphatic heterocycles. The molecule has 1 heterocycles. The molecule has 1 aliphatic rings. The molecule has 110 valence electrons. The summed E-state index contributed by atoms with van der Waals surface area (Å²) < 4.78 is 15.0. The van der Waals surface area contributed by atoms with Crippen molar-refractivity contribution in [3.63, 3.8) is 0 Å². The van der Waals surface area contributed by atoms with Crippen LogP contribution in [0.1, 0.15) is 12.5 Å². The Morgan fingerprint density at radius 2 is 1.95 bits per heavy atom. The Labute approximate surface area is 133 Å². The number of benzene rings is 2. The van der Waals surface area contributed by atoms with E-state index in [1.807, 2.05) is 30.3 Å². The lowest BCUT2D eigenvalue weighted by atomic mass is 9.89. The van der Waals surface area contributed by atoms with Crippen LogP contribution in [0.25, 0.3) is 0 Å². The predicted octanol–water partition coefficient (Wildman–Crippen LogP) is 3.91. The number of halogens is 2. The summed E-state index contributed by atoms with van der Waals surface area (Å²) in [5, 5.41) is 3.57. The second kappa shape index (κ2) is 5.78. The molecule has 3 rings (SSSR count). The molecule has 1 saturated heterocycles. The van der Waals surface area contributed by atoms with Crippen LogP contribution in [0.2, 0.25) is 0 Å². The van der Waals surface area contributed by atoms with Crippen molar-refractivity contribution < 1.29 is 4.39 Å². The minimum atomic E-state index is -0.179. The molecule has 0 aliphatic carbocycles. The normalized spacial score (nSPS) is 22.3. The van der Waals surface area contributed by atoms with Crippen molar-refractivity contribution in [2.75, 3.05) is 24.5 Å². The molecule has 0 aromatic heterocycles. The molecule has 2 aromatic carbocycles. The molecule has 21 heavy (non-hydrogen) atoms. The summed E-state index contributed by atoms with van der Waals surface area (Å²) in [4.78, 5) is 2.12. The van der Waals surface area contributed by atoms with Crippen LogP contribution in [-0.2, 0) is 5.54 Å². The largest absolute Gasteiger partial charge is 0.366 e. The van der Waals surface area contributed by atoms with Gasteiger partial charge in [-0.2, -0.15) is 0 Å². The van der Waals surface area contributed by atoms with Gasteiger partial charge in [-0.25, -0.2) is 4.39 Å². The molecule has 1 fully saturated rings. The first-order chi connectivity index (χ1) is 10.1. The van der Waals surface area contributed by atoms with E-state index in [-0.39, 0.29) is 11.4 Å². The van der Waals surface area contributed by atoms with Crippen LogP contribution in [-0.4, -0.2) is 19.6 Å². The highest BCUT2D eigenvalue weighted by molar-refractivity contribution is 9.10. The summed E-state index contributed by atoms with van der Waals surface area (Å²) in [6, 6.07) is 15.6. The van der Waals surface area contributed by atoms with Crippen molar-refractivity contribution in [3.05, 3.63) is 64.4 Å². The third kappa shape index (κ3) is 2.97. The molecule has 0 radical (unpaired) electrons. The first-order valence-electron chi connectivity index (χ1n) is 7.09. The third-order valence-electron chi connectivity index (χ3n) is 4.07. The maximum Gasteiger partial charge on any atom is 0.147 e. The fourth-order valence-electron chi connectivity index (χ4n) is 2.93. The number of nitrogens with zero attached hydrogens (tertiary/aromatic N) is 1. The highest BCUT2D eigenvalue weighted by Gasteiger charge is 2.32. The standard InChI is InChI=1S/C17H18BrFN2/c1-17(13-5-3-2-4-6-13)12-21(10-9-20-17)16-8-7-14(18)11-15(16)19/h2-8,11,20H,9-10,12H2,1H3. The predicted molar refractivity (Wildman–Crippen MR) is 88.1 cm³/mol. The van der Waals surface area contributed by atoms with Crippen molar-refractivity contribution in [3.8, 4) is 0 Å². The van der Waals surface area contributed by atoms with E-state index in [1.54, 1.807) is 0 Å². The monoisotopic (exact) mass is 348 g/mol. The first-order valence-corrected chi connectivity index (χ1v) is 7.88. The Bertz CT molecular complexity index is 632. The molecule has 4 heteroatoms. The zero-order valence-corrected chi connectivity index (χ0v) is 13.5. The van der Waals surface area contributed by atoms with Gasteiger partial charge in [0.1, 0.15) is 5.82 Å². The smallest absolute Gasteiger partial charge is 0.147 e. The lowest BCUT2D eigenvalue weighted by molar-refractivity contribution is 0.330. The van der Waals surface area contributed by atoms with Crippen LogP contribution >= 0.6 is 15.9 Å². The maximum absolute atomic E-state index is 14.2. The van der Waals surface area contributed by atoms with E-state index in [0.29, 0.717) is 5.69 Å². The highest BCUT2D eigenvalue weighted by atomic mass is 79.9. The second-order valence-electron chi connectivity index (χ2n) is 5.64. The highest BCUT2D eigenvalue weighted by Crippen LogP contribution is 2.30. The number of piperazine rings is 1. The fourth-order valence-corrected chi connectivity index (χ4v) is 3.26. The molecule has 0 spiro atoms. The Balaban J connectivity index is 1.89. The first kappa shape index (κ1) is 14.5. The van der Waals surface area contributed by atoms with E-state index in [9.17, 15) is 4.39 Å². The molecular formula is C17H18BrFN2. The number of hydrogen-bond acceptors (Lipinski definition) is 2. The quantitative estimate of drug-likeness (QED) is 0.884. The average Bonchev–Trinajstić information content (AvgIpc) is 2.48. The van der Waals surface area contributed by atoms with Crippen LogP contribution in [0, 0.1) is 5.82 Å². The molecule has 0 amide bonds. The van der Waals surface area contributed by atoms with Gasteiger partial charge >= 0.3 is 0 Å². The zero-order chi connectivity index (χ0) is 14.9. The van der Waals surface area contributed by atoms with Crippen LogP contribution in [0.5, 0.6) is 0 Å². The van der Waals surface area contributed by atoms with E-state index >= 15 is 0 Å². The number of anilines is 1. The van der Waals surface area contributed by atoms with Gasteiger partial charge in [-0.05, 0) is 30.7 Å². The second-order valence-corrected chi connectivity index (χ2v) is 6.56. The Kier molecular flexibility index (Phi) is 4.00. The molecular weight excluding hydrogens is 331 g/mol. The van der Waals surface area contributed by atoms with E-state index < -0.39 is 0 Å². The minimum Gasteiger partial charge on any atom is -0.366 e. The van der Waals surface area contributed by atoms with Gasteiger partial charge in [0.15, 0.2) is 0 Å². The van der Waals surface area contributed by atoms with Crippen molar-refractivity contribution in [2.24, 2.45) is 0 Å². The van der Waals surface area contributed by atoms with Crippen LogP contribution in [0.3, 0.4) is 0 Å². The Morgan fingerprint density at radius 1 is 1.19 bits per heavy atom. The minimum absolute atomic E-state index is 0.168. The Morgan fingerprint density at radius 3 is 2.67 bits per heavy atom. The third-order valence-corrected chi connectivity index (χ3v) is 4.56. The summed E-state index contributed by atoms with van der Waals surface area (Å²) in [6.07, 6.45) is 0. The van der Waals surface area contributed by atoms with Gasteiger partial charge in [0.05, 0.1) is 11.2 Å². The maximum atomic E-state index is 14.2. The molecule has 1 atom stereocenters. The summed E-state index contributed by atoms with van der Waals surface area (Å²) in [7, 11) is 0. The van der Waals surface area contributed by atoms with E-state index in [2.05, 4.69) is 45.2 Å². The molecule has 0 saturated carbocycles. The van der Waals surface area contributed by atoms with Crippen molar-refractivity contribution >= 4 is 21.6 Å². The SMILES string of the molecule is CC1(c2ccccc2)CN(c2ccc(Br)cc2F)CCN1. The number of hydrogen-bond donors (Lipinski definition) is 1. The summed E-state index contributed by atoms with van der Waals surface area (Å²) in [5.74, 6) is -0.179. The Hall–Kier alpha value is -1.39. The molecule has 1 N–H and O–H groups in total. The van der Waals surface area contributed by atoms with Crippen molar-refractivity contribution in [1.82, 2.24) is 5.32 Å². The number of nitrogens with one attached hydrogen (secondary N) is 1. The van der Waals surface area contributed by atoms with Gasteiger partial charge in [0, 0.05) is 24.1 Å². The van der Waals surface area contributed by atoms with Gasteiger partial charge in [-0.15, -0.1) is 0 Å². The van der Waals surface area contributed by atoms with E-state index in [0.717, 1.165) is 24.1 Å². The van der Waals surface area contributed by atoms with Gasteiger partial charge in [0.25, 0.3) is 0 Å². The molecule has 1 unspecified atom stereocenters. The topological polar surface area (TPSA) is 15.3 Å². The van der Waals surface area contributed by atoms with Gasteiger partial charge < -0.3 is 10.2 Å².